The van der Waals surface area contributed by atoms with Crippen LogP contribution in [0.1, 0.15) is 42.3 Å². The number of hydrogen-bond acceptors (Lipinski definition) is 5. The number of amides is 1. The molecule has 1 aromatic heterocycles. The molecule has 0 saturated carbocycles. The highest BCUT2D eigenvalue weighted by Crippen LogP contribution is 2.38. The molecule has 0 saturated heterocycles. The van der Waals surface area contributed by atoms with Crippen LogP contribution in [0.3, 0.4) is 0 Å². The Labute approximate surface area is 192 Å². The van der Waals surface area contributed by atoms with Crippen molar-refractivity contribution in [3.05, 3.63) is 87.3 Å². The lowest BCUT2D eigenvalue weighted by atomic mass is 10.0. The van der Waals surface area contributed by atoms with Gasteiger partial charge in [-0.05, 0) is 41.8 Å². The number of carbonyl (C=O) groups is 2. The van der Waals surface area contributed by atoms with Crippen LogP contribution in [0.5, 0.6) is 0 Å². The van der Waals surface area contributed by atoms with Crippen molar-refractivity contribution in [1.29, 1.82) is 0 Å². The molecule has 5 nitrogen and oxygen atoms in total. The second kappa shape index (κ2) is 9.36. The number of esters is 1. The number of halogens is 3. The molecular formula is C24H21F3N2O3S. The van der Waals surface area contributed by atoms with Gasteiger partial charge in [-0.3, -0.25) is 9.69 Å². The van der Waals surface area contributed by atoms with E-state index >= 15 is 0 Å². The third-order valence-electron chi connectivity index (χ3n) is 5.48. The Balaban J connectivity index is 1.56. The Morgan fingerprint density at radius 3 is 2.42 bits per heavy atom. The predicted octanol–water partition coefficient (Wildman–Crippen LogP) is 5.36. The molecule has 0 spiro atoms. The molecule has 1 N–H and O–H groups in total. The topological polar surface area (TPSA) is 58.6 Å². The van der Waals surface area contributed by atoms with Crippen LogP contribution in [0.25, 0.3) is 0 Å². The zero-order valence-electron chi connectivity index (χ0n) is 17.7. The van der Waals surface area contributed by atoms with E-state index < -0.39 is 23.6 Å². The largest absolute Gasteiger partial charge is 0.465 e. The minimum absolute atomic E-state index is 0.0656. The number of alkyl halides is 3. The van der Waals surface area contributed by atoms with E-state index in [0.29, 0.717) is 23.5 Å². The molecule has 0 atom stereocenters. The number of nitrogens with zero attached hydrogens (tertiary/aromatic N) is 1. The van der Waals surface area contributed by atoms with Gasteiger partial charge in [0.25, 0.3) is 5.91 Å². The summed E-state index contributed by atoms with van der Waals surface area (Å²) in [6.45, 7) is 2.13. The predicted molar refractivity (Wildman–Crippen MR) is 119 cm³/mol. The van der Waals surface area contributed by atoms with Crippen LogP contribution in [-0.4, -0.2) is 30.4 Å². The van der Waals surface area contributed by atoms with Crippen molar-refractivity contribution in [2.24, 2.45) is 0 Å². The van der Waals surface area contributed by atoms with Crippen LogP contribution in [0.2, 0.25) is 0 Å². The summed E-state index contributed by atoms with van der Waals surface area (Å²) >= 11 is 1.30. The van der Waals surface area contributed by atoms with Crippen LogP contribution in [0.4, 0.5) is 18.2 Å². The number of hydrogen-bond donors (Lipinski definition) is 1. The monoisotopic (exact) mass is 474 g/mol. The van der Waals surface area contributed by atoms with Crippen molar-refractivity contribution < 1.29 is 27.5 Å². The average molecular weight is 475 g/mol. The smallest absolute Gasteiger partial charge is 0.416 e. The number of rotatable bonds is 5. The molecule has 0 fully saturated rings. The molecule has 9 heteroatoms. The summed E-state index contributed by atoms with van der Waals surface area (Å²) in [5.74, 6) is -1.14. The maximum atomic E-state index is 12.8. The number of thiophene rings is 1. The third kappa shape index (κ3) is 5.09. The first-order chi connectivity index (χ1) is 15.8. The maximum absolute atomic E-state index is 12.8. The maximum Gasteiger partial charge on any atom is 0.416 e. The lowest BCUT2D eigenvalue weighted by molar-refractivity contribution is -0.137. The first-order valence-electron chi connectivity index (χ1n) is 10.2. The van der Waals surface area contributed by atoms with E-state index in [-0.39, 0.29) is 5.56 Å². The third-order valence-corrected chi connectivity index (χ3v) is 6.61. The van der Waals surface area contributed by atoms with Gasteiger partial charge < -0.3 is 10.1 Å². The zero-order valence-corrected chi connectivity index (χ0v) is 18.6. The minimum atomic E-state index is -4.48. The summed E-state index contributed by atoms with van der Waals surface area (Å²) in [7, 11) is 1.28. The highest BCUT2D eigenvalue weighted by atomic mass is 32.1. The van der Waals surface area contributed by atoms with Gasteiger partial charge in [-0.1, -0.05) is 30.3 Å². The van der Waals surface area contributed by atoms with Gasteiger partial charge >= 0.3 is 12.1 Å². The van der Waals surface area contributed by atoms with Gasteiger partial charge in [-0.2, -0.15) is 13.2 Å². The summed E-state index contributed by atoms with van der Waals surface area (Å²) in [6, 6.07) is 14.0. The van der Waals surface area contributed by atoms with Crippen molar-refractivity contribution in [3.63, 3.8) is 0 Å². The summed E-state index contributed by atoms with van der Waals surface area (Å²) in [5.41, 5.74) is 1.58. The van der Waals surface area contributed by atoms with E-state index in [0.717, 1.165) is 47.8 Å². The molecule has 1 aliphatic rings. The van der Waals surface area contributed by atoms with Gasteiger partial charge in [-0.15, -0.1) is 11.3 Å². The number of fused-ring (bicyclic) bond motifs is 1. The summed E-state index contributed by atoms with van der Waals surface area (Å²) in [5, 5.41) is 3.05. The first kappa shape index (κ1) is 23.0. The molecule has 33 heavy (non-hydrogen) atoms. The first-order valence-corrected chi connectivity index (χ1v) is 11.1. The van der Waals surface area contributed by atoms with Crippen LogP contribution in [0, 0.1) is 0 Å². The minimum Gasteiger partial charge on any atom is -0.465 e. The average Bonchev–Trinajstić information content (AvgIpc) is 3.15. The van der Waals surface area contributed by atoms with Crippen molar-refractivity contribution in [1.82, 2.24) is 4.90 Å². The molecular weight excluding hydrogens is 453 g/mol. The van der Waals surface area contributed by atoms with Gasteiger partial charge in [0.15, 0.2) is 0 Å². The summed E-state index contributed by atoms with van der Waals surface area (Å²) in [4.78, 5) is 28.4. The number of benzene rings is 2. The summed E-state index contributed by atoms with van der Waals surface area (Å²) < 4.78 is 43.3. The highest BCUT2D eigenvalue weighted by molar-refractivity contribution is 7.17. The van der Waals surface area contributed by atoms with Crippen molar-refractivity contribution in [2.75, 3.05) is 19.0 Å². The van der Waals surface area contributed by atoms with Gasteiger partial charge in [0, 0.05) is 30.1 Å². The molecule has 1 amide bonds. The fourth-order valence-corrected chi connectivity index (χ4v) is 5.10. The van der Waals surface area contributed by atoms with Gasteiger partial charge in [0.2, 0.25) is 0 Å². The Morgan fingerprint density at radius 1 is 1.09 bits per heavy atom. The second-order valence-electron chi connectivity index (χ2n) is 7.67. The van der Waals surface area contributed by atoms with Crippen LogP contribution in [0.15, 0.2) is 54.6 Å². The number of ether oxygens (including phenoxy) is 1. The molecule has 2 aromatic carbocycles. The standard InChI is InChI=1S/C24H21F3N2O3S/c1-32-23(31)20-18-11-12-29(13-15-5-3-2-4-6-15)14-19(18)33-22(20)28-21(30)16-7-9-17(10-8-16)24(25,26)27/h2-10H,11-14H2,1H3,(H,28,30). The highest BCUT2D eigenvalue weighted by Gasteiger charge is 2.31. The Hall–Kier alpha value is -3.17. The molecule has 3 aromatic rings. The quantitative estimate of drug-likeness (QED) is 0.506. The van der Waals surface area contributed by atoms with E-state index in [9.17, 15) is 22.8 Å². The lowest BCUT2D eigenvalue weighted by Crippen LogP contribution is -2.29. The SMILES string of the molecule is COC(=O)c1c(NC(=O)c2ccc(C(F)(F)F)cc2)sc2c1CCN(Cc1ccccc1)C2. The normalized spacial score (nSPS) is 13.9. The number of nitrogens with one attached hydrogen (secondary N) is 1. The van der Waals surface area contributed by atoms with E-state index in [1.165, 1.54) is 24.0 Å². The van der Waals surface area contributed by atoms with Crippen molar-refractivity contribution >= 4 is 28.2 Å². The number of methoxy groups -OCH3 is 1. The Bertz CT molecular complexity index is 1160. The van der Waals surface area contributed by atoms with Crippen LogP contribution < -0.4 is 5.32 Å². The zero-order chi connectivity index (χ0) is 23.6. The Kier molecular flexibility index (Phi) is 6.53. The summed E-state index contributed by atoms with van der Waals surface area (Å²) in [6.07, 6.45) is -3.86. The molecule has 1 aliphatic heterocycles. The van der Waals surface area contributed by atoms with E-state index in [1.54, 1.807) is 0 Å². The van der Waals surface area contributed by atoms with Gasteiger partial charge in [-0.25, -0.2) is 4.79 Å². The molecule has 0 radical (unpaired) electrons. The van der Waals surface area contributed by atoms with E-state index in [1.807, 2.05) is 18.2 Å². The van der Waals surface area contributed by atoms with Crippen molar-refractivity contribution in [2.45, 2.75) is 25.7 Å². The molecule has 2 heterocycles. The lowest BCUT2D eigenvalue weighted by Gasteiger charge is -2.27. The second-order valence-corrected chi connectivity index (χ2v) is 8.78. The van der Waals surface area contributed by atoms with Crippen LogP contribution in [-0.2, 0) is 30.4 Å². The molecule has 172 valence electrons. The van der Waals surface area contributed by atoms with Gasteiger partial charge in [0.05, 0.1) is 18.2 Å². The van der Waals surface area contributed by atoms with E-state index in [2.05, 4.69) is 22.3 Å². The molecule has 0 aliphatic carbocycles. The number of anilines is 1. The van der Waals surface area contributed by atoms with Gasteiger partial charge in [0.1, 0.15) is 5.00 Å². The van der Waals surface area contributed by atoms with Crippen LogP contribution >= 0.6 is 11.3 Å². The molecule has 0 unspecified atom stereocenters. The molecule has 4 rings (SSSR count). The number of carbonyl (C=O) groups excluding carboxylic acids is 2. The fraction of sp³-hybridized carbons (Fsp3) is 0.250. The van der Waals surface area contributed by atoms with Crippen molar-refractivity contribution in [3.8, 4) is 0 Å². The Morgan fingerprint density at radius 2 is 1.79 bits per heavy atom. The fourth-order valence-electron chi connectivity index (χ4n) is 3.82. The molecule has 0 bridgehead atoms. The van der Waals surface area contributed by atoms with E-state index in [4.69, 9.17) is 4.74 Å².